The number of hydrogen-bond donors (Lipinski definition) is 1. The number of carbonyl (C=O) groups is 2. The summed E-state index contributed by atoms with van der Waals surface area (Å²) in [5.41, 5.74) is 0.696. The quantitative estimate of drug-likeness (QED) is 0.855. The van der Waals surface area contributed by atoms with Crippen LogP contribution in [0.2, 0.25) is 0 Å². The Morgan fingerprint density at radius 2 is 1.82 bits per heavy atom. The number of carbonyl (C=O) groups excluding carboxylic acids is 2. The normalized spacial score (nSPS) is 23.9. The summed E-state index contributed by atoms with van der Waals surface area (Å²) in [5.74, 6) is -0.134. The van der Waals surface area contributed by atoms with Gasteiger partial charge in [0.25, 0.3) is 0 Å². The standard InChI is InChI=1S/C16H25N3O3/c1-10-14(12(3)20)11(2)19(17-10)7-13(21)18-8-15(4,5)16(6,22)9-18/h22H,7-9H2,1-6H3/t16-/m1/s1. The van der Waals surface area contributed by atoms with Gasteiger partial charge in [-0.05, 0) is 27.7 Å². The van der Waals surface area contributed by atoms with Gasteiger partial charge in [0.15, 0.2) is 5.78 Å². The summed E-state index contributed by atoms with van der Waals surface area (Å²) in [7, 11) is 0. The lowest BCUT2D eigenvalue weighted by Gasteiger charge is -2.30. The average molecular weight is 307 g/mol. The van der Waals surface area contributed by atoms with E-state index in [-0.39, 0.29) is 23.7 Å². The van der Waals surface area contributed by atoms with Gasteiger partial charge >= 0.3 is 0 Å². The third-order valence-corrected chi connectivity index (χ3v) is 4.91. The van der Waals surface area contributed by atoms with Crippen LogP contribution >= 0.6 is 0 Å². The molecule has 1 aliphatic rings. The Morgan fingerprint density at radius 1 is 1.23 bits per heavy atom. The summed E-state index contributed by atoms with van der Waals surface area (Å²) < 4.78 is 1.58. The highest BCUT2D eigenvalue weighted by Crippen LogP contribution is 2.38. The van der Waals surface area contributed by atoms with Crippen LogP contribution in [0.25, 0.3) is 0 Å². The van der Waals surface area contributed by atoms with Crippen molar-refractivity contribution in [2.75, 3.05) is 13.1 Å². The van der Waals surface area contributed by atoms with E-state index in [0.29, 0.717) is 30.0 Å². The zero-order valence-corrected chi connectivity index (χ0v) is 14.2. The molecule has 1 saturated heterocycles. The molecule has 1 fully saturated rings. The molecule has 1 atom stereocenters. The lowest BCUT2D eigenvalue weighted by molar-refractivity contribution is -0.131. The van der Waals surface area contributed by atoms with Crippen molar-refractivity contribution in [1.82, 2.24) is 14.7 Å². The van der Waals surface area contributed by atoms with E-state index < -0.39 is 5.60 Å². The van der Waals surface area contributed by atoms with Crippen molar-refractivity contribution in [1.29, 1.82) is 0 Å². The zero-order valence-electron chi connectivity index (χ0n) is 14.2. The molecule has 2 heterocycles. The first kappa shape index (κ1) is 16.7. The Morgan fingerprint density at radius 3 is 2.23 bits per heavy atom. The molecule has 22 heavy (non-hydrogen) atoms. The molecule has 1 amide bonds. The monoisotopic (exact) mass is 307 g/mol. The second-order valence-electron chi connectivity index (χ2n) is 7.17. The van der Waals surface area contributed by atoms with E-state index in [2.05, 4.69) is 5.10 Å². The van der Waals surface area contributed by atoms with Gasteiger partial charge in [-0.3, -0.25) is 14.3 Å². The molecule has 1 aromatic rings. The third-order valence-electron chi connectivity index (χ3n) is 4.91. The van der Waals surface area contributed by atoms with Gasteiger partial charge in [0.1, 0.15) is 6.54 Å². The van der Waals surface area contributed by atoms with Gasteiger partial charge in [-0.1, -0.05) is 13.8 Å². The van der Waals surface area contributed by atoms with Crippen LogP contribution in [0.3, 0.4) is 0 Å². The number of β-amino-alcohol motifs (C(OH)–C–C–N with tert-alkyl or cyclic N) is 1. The Kier molecular flexibility index (Phi) is 3.94. The van der Waals surface area contributed by atoms with Crippen molar-refractivity contribution < 1.29 is 14.7 Å². The highest BCUT2D eigenvalue weighted by atomic mass is 16.3. The van der Waals surface area contributed by atoms with E-state index in [0.717, 1.165) is 0 Å². The average Bonchev–Trinajstić information content (AvgIpc) is 2.73. The molecule has 2 rings (SSSR count). The molecule has 0 bridgehead atoms. The van der Waals surface area contributed by atoms with E-state index in [1.54, 1.807) is 30.4 Å². The molecule has 0 unspecified atom stereocenters. The number of likely N-dealkylation sites (tertiary alicyclic amines) is 1. The van der Waals surface area contributed by atoms with Gasteiger partial charge in [-0.2, -0.15) is 5.10 Å². The summed E-state index contributed by atoms with van der Waals surface area (Å²) in [6.45, 7) is 11.7. The number of aliphatic hydroxyl groups is 1. The van der Waals surface area contributed by atoms with Gasteiger partial charge in [-0.25, -0.2) is 0 Å². The number of amides is 1. The van der Waals surface area contributed by atoms with Crippen LogP contribution in [0.1, 0.15) is 49.4 Å². The minimum atomic E-state index is -0.901. The predicted molar refractivity (Wildman–Crippen MR) is 82.7 cm³/mol. The van der Waals surface area contributed by atoms with Crippen LogP contribution in [0, 0.1) is 19.3 Å². The fourth-order valence-electron chi connectivity index (χ4n) is 3.05. The molecule has 0 aromatic carbocycles. The molecule has 122 valence electrons. The molecular weight excluding hydrogens is 282 g/mol. The van der Waals surface area contributed by atoms with E-state index >= 15 is 0 Å². The maximum Gasteiger partial charge on any atom is 0.244 e. The van der Waals surface area contributed by atoms with Crippen molar-refractivity contribution >= 4 is 11.7 Å². The topological polar surface area (TPSA) is 75.4 Å². The van der Waals surface area contributed by atoms with Crippen molar-refractivity contribution in [2.24, 2.45) is 5.41 Å². The Bertz CT molecular complexity index is 613. The summed E-state index contributed by atoms with van der Waals surface area (Å²) >= 11 is 0. The molecule has 1 N–H and O–H groups in total. The summed E-state index contributed by atoms with van der Waals surface area (Å²) in [6.07, 6.45) is 0. The number of rotatable bonds is 3. The van der Waals surface area contributed by atoms with Crippen LogP contribution in [0.5, 0.6) is 0 Å². The van der Waals surface area contributed by atoms with Crippen molar-refractivity contribution in [3.63, 3.8) is 0 Å². The minimum absolute atomic E-state index is 0.0426. The second-order valence-corrected chi connectivity index (χ2v) is 7.17. The van der Waals surface area contributed by atoms with Crippen LogP contribution in [-0.2, 0) is 11.3 Å². The molecule has 1 aromatic heterocycles. The first-order chi connectivity index (χ1) is 9.96. The fraction of sp³-hybridized carbons (Fsp3) is 0.688. The van der Waals surface area contributed by atoms with Crippen molar-refractivity contribution in [3.8, 4) is 0 Å². The predicted octanol–water partition coefficient (Wildman–Crippen LogP) is 1.32. The second kappa shape index (κ2) is 5.19. The fourth-order valence-corrected chi connectivity index (χ4v) is 3.05. The Hall–Kier alpha value is -1.69. The lowest BCUT2D eigenvalue weighted by Crippen LogP contribution is -2.40. The van der Waals surface area contributed by atoms with Crippen LogP contribution in [0.4, 0.5) is 0 Å². The maximum absolute atomic E-state index is 12.5. The van der Waals surface area contributed by atoms with E-state index in [1.807, 2.05) is 13.8 Å². The molecule has 0 spiro atoms. The largest absolute Gasteiger partial charge is 0.388 e. The van der Waals surface area contributed by atoms with E-state index in [1.165, 1.54) is 6.92 Å². The lowest BCUT2D eigenvalue weighted by atomic mass is 9.79. The van der Waals surface area contributed by atoms with Gasteiger partial charge < -0.3 is 10.0 Å². The molecule has 0 saturated carbocycles. The van der Waals surface area contributed by atoms with Gasteiger partial charge in [0.05, 0.1) is 16.9 Å². The molecule has 0 aliphatic carbocycles. The van der Waals surface area contributed by atoms with Crippen molar-refractivity contribution in [2.45, 2.75) is 53.7 Å². The number of Topliss-reactive ketones (excluding diaryl/α,β-unsaturated/α-hetero) is 1. The Labute approximate surface area is 131 Å². The van der Waals surface area contributed by atoms with Gasteiger partial charge in [0, 0.05) is 24.2 Å². The number of ketones is 1. The number of aromatic nitrogens is 2. The maximum atomic E-state index is 12.5. The van der Waals surface area contributed by atoms with E-state index in [9.17, 15) is 14.7 Å². The molecule has 6 nitrogen and oxygen atoms in total. The smallest absolute Gasteiger partial charge is 0.244 e. The van der Waals surface area contributed by atoms with Crippen LogP contribution in [-0.4, -0.2) is 50.2 Å². The third kappa shape index (κ3) is 2.67. The first-order valence-electron chi connectivity index (χ1n) is 7.51. The van der Waals surface area contributed by atoms with Crippen LogP contribution in [0.15, 0.2) is 0 Å². The van der Waals surface area contributed by atoms with Gasteiger partial charge in [-0.15, -0.1) is 0 Å². The highest BCUT2D eigenvalue weighted by molar-refractivity contribution is 5.96. The van der Waals surface area contributed by atoms with Crippen molar-refractivity contribution in [3.05, 3.63) is 17.0 Å². The number of aryl methyl sites for hydroxylation is 1. The Balaban J connectivity index is 2.18. The number of nitrogens with zero attached hydrogens (tertiary/aromatic N) is 3. The van der Waals surface area contributed by atoms with E-state index in [4.69, 9.17) is 0 Å². The number of hydrogen-bond acceptors (Lipinski definition) is 4. The summed E-state index contributed by atoms with van der Waals surface area (Å²) in [5, 5.41) is 14.7. The molecular formula is C16H25N3O3. The zero-order chi connectivity index (χ0) is 16.9. The molecule has 6 heteroatoms. The SMILES string of the molecule is CC(=O)c1c(C)nn(CC(=O)N2CC(C)(C)[C@](C)(O)C2)c1C. The van der Waals surface area contributed by atoms with Gasteiger partial charge in [0.2, 0.25) is 5.91 Å². The highest BCUT2D eigenvalue weighted by Gasteiger charge is 2.49. The minimum Gasteiger partial charge on any atom is -0.388 e. The van der Waals surface area contributed by atoms with Crippen LogP contribution < -0.4 is 0 Å². The first-order valence-corrected chi connectivity index (χ1v) is 7.51. The molecule has 1 aliphatic heterocycles. The summed E-state index contributed by atoms with van der Waals surface area (Å²) in [4.78, 5) is 25.8. The molecule has 0 radical (unpaired) electrons. The summed E-state index contributed by atoms with van der Waals surface area (Å²) in [6, 6.07) is 0.